The molecule has 0 aromatic heterocycles. The molecular weight excluding hydrogens is 304 g/mol. The summed E-state index contributed by atoms with van der Waals surface area (Å²) in [7, 11) is 0. The molecule has 2 heterocycles. The van der Waals surface area contributed by atoms with E-state index in [2.05, 4.69) is 18.7 Å². The van der Waals surface area contributed by atoms with Gasteiger partial charge in [0.05, 0.1) is 25.6 Å². The Bertz CT molecular complexity index is 317. The maximum atomic E-state index is 12.0. The number of rotatable bonds is 2. The number of carbonyl (C=O) groups is 1. The molecule has 0 bridgehead atoms. The first-order valence-electron chi connectivity index (χ1n) is 5.59. The van der Waals surface area contributed by atoms with Gasteiger partial charge in [-0.1, -0.05) is 0 Å². The monoisotopic (exact) mass is 322 g/mol. The van der Waals surface area contributed by atoms with Gasteiger partial charge in [0.2, 0.25) is 5.91 Å². The second-order valence-electron chi connectivity index (χ2n) is 4.11. The number of thioether (sulfide) groups is 1. The third kappa shape index (κ3) is 3.63. The molecule has 0 N–H and O–H groups in total. The number of amides is 1. The van der Waals surface area contributed by atoms with E-state index in [-0.39, 0.29) is 22.9 Å². The van der Waals surface area contributed by atoms with E-state index in [0.717, 1.165) is 19.0 Å². The minimum absolute atomic E-state index is 0. The van der Waals surface area contributed by atoms with Gasteiger partial charge in [0.15, 0.2) is 0 Å². The first-order valence-corrected chi connectivity index (χ1v) is 6.58. The highest BCUT2D eigenvalue weighted by atomic mass is 79.9. The van der Waals surface area contributed by atoms with Crippen molar-refractivity contribution in [3.63, 3.8) is 0 Å². The summed E-state index contributed by atoms with van der Waals surface area (Å²) in [5, 5.41) is 0. The molecule has 0 atom stereocenters. The standard InChI is InChI=1S/C11H18N2O2S.BrH/c1-9-10(2)16-8-13(9)7-11(14)12-3-5-15-6-4-12;/h3-8H2,1-2H3;1H. The smallest absolute Gasteiger partial charge is 0.242 e. The van der Waals surface area contributed by atoms with E-state index in [0.29, 0.717) is 19.8 Å². The number of halogens is 1. The zero-order valence-corrected chi connectivity index (χ0v) is 12.8. The van der Waals surface area contributed by atoms with Crippen molar-refractivity contribution in [3.8, 4) is 0 Å². The van der Waals surface area contributed by atoms with Gasteiger partial charge in [0.25, 0.3) is 0 Å². The third-order valence-electron chi connectivity index (χ3n) is 3.11. The molecule has 2 aliphatic heterocycles. The Balaban J connectivity index is 0.00000144. The Morgan fingerprint density at radius 1 is 1.35 bits per heavy atom. The van der Waals surface area contributed by atoms with E-state index >= 15 is 0 Å². The van der Waals surface area contributed by atoms with Gasteiger partial charge in [-0.3, -0.25) is 4.79 Å². The van der Waals surface area contributed by atoms with Gasteiger partial charge in [-0.25, -0.2) is 0 Å². The maximum absolute atomic E-state index is 12.0. The summed E-state index contributed by atoms with van der Waals surface area (Å²) in [4.78, 5) is 17.4. The summed E-state index contributed by atoms with van der Waals surface area (Å²) in [5.41, 5.74) is 1.24. The molecule has 17 heavy (non-hydrogen) atoms. The summed E-state index contributed by atoms with van der Waals surface area (Å²) in [6.07, 6.45) is 0. The molecule has 0 spiro atoms. The average Bonchev–Trinajstić information content (AvgIpc) is 2.62. The van der Waals surface area contributed by atoms with Crippen LogP contribution in [-0.2, 0) is 9.53 Å². The summed E-state index contributed by atoms with van der Waals surface area (Å²) in [6.45, 7) is 7.53. The minimum Gasteiger partial charge on any atom is -0.378 e. The van der Waals surface area contributed by atoms with Crippen LogP contribution in [0.2, 0.25) is 0 Å². The van der Waals surface area contributed by atoms with Crippen LogP contribution in [0.4, 0.5) is 0 Å². The van der Waals surface area contributed by atoms with Crippen molar-refractivity contribution < 1.29 is 9.53 Å². The fraction of sp³-hybridized carbons (Fsp3) is 0.727. The molecule has 1 fully saturated rings. The van der Waals surface area contributed by atoms with Crippen molar-refractivity contribution in [3.05, 3.63) is 10.6 Å². The van der Waals surface area contributed by atoms with Crippen LogP contribution in [0.3, 0.4) is 0 Å². The van der Waals surface area contributed by atoms with E-state index in [9.17, 15) is 4.79 Å². The molecule has 0 aliphatic carbocycles. The Hall–Kier alpha value is -0.200. The second kappa shape index (κ2) is 6.66. The molecule has 0 unspecified atom stereocenters. The molecule has 0 saturated carbocycles. The van der Waals surface area contributed by atoms with Crippen LogP contribution in [-0.4, -0.2) is 54.4 Å². The van der Waals surface area contributed by atoms with Crippen molar-refractivity contribution in [1.29, 1.82) is 0 Å². The number of nitrogens with zero attached hydrogens (tertiary/aromatic N) is 2. The lowest BCUT2D eigenvalue weighted by atomic mass is 10.3. The van der Waals surface area contributed by atoms with Crippen molar-refractivity contribution in [2.45, 2.75) is 13.8 Å². The number of morpholine rings is 1. The van der Waals surface area contributed by atoms with Crippen LogP contribution in [0.25, 0.3) is 0 Å². The molecule has 4 nitrogen and oxygen atoms in total. The van der Waals surface area contributed by atoms with Crippen LogP contribution in [0, 0.1) is 0 Å². The van der Waals surface area contributed by atoms with E-state index in [1.54, 1.807) is 0 Å². The molecule has 2 rings (SSSR count). The second-order valence-corrected chi connectivity index (χ2v) is 5.27. The number of ether oxygens (including phenoxy) is 1. The molecule has 1 saturated heterocycles. The average molecular weight is 323 g/mol. The fourth-order valence-corrected chi connectivity index (χ4v) is 2.81. The summed E-state index contributed by atoms with van der Waals surface area (Å²) < 4.78 is 5.24. The minimum atomic E-state index is 0. The molecule has 0 aromatic rings. The van der Waals surface area contributed by atoms with Crippen LogP contribution in [0.5, 0.6) is 0 Å². The SMILES string of the molecule is Br.CC1=C(C)N(CC(=O)N2CCOCC2)CS1. The summed E-state index contributed by atoms with van der Waals surface area (Å²) >= 11 is 1.81. The van der Waals surface area contributed by atoms with Crippen LogP contribution in [0.15, 0.2) is 10.6 Å². The molecule has 6 heteroatoms. The predicted octanol–water partition coefficient (Wildman–Crippen LogP) is 1.68. The maximum Gasteiger partial charge on any atom is 0.242 e. The van der Waals surface area contributed by atoms with Crippen LogP contribution in [0.1, 0.15) is 13.8 Å². The van der Waals surface area contributed by atoms with Crippen LogP contribution >= 0.6 is 28.7 Å². The Kier molecular flexibility index (Phi) is 5.82. The normalized spacial score (nSPS) is 20.6. The molecule has 2 aliphatic rings. The van der Waals surface area contributed by atoms with Gasteiger partial charge in [-0.15, -0.1) is 28.7 Å². The van der Waals surface area contributed by atoms with E-state index in [4.69, 9.17) is 4.74 Å². The van der Waals surface area contributed by atoms with E-state index < -0.39 is 0 Å². The molecule has 98 valence electrons. The lowest BCUT2D eigenvalue weighted by Crippen LogP contribution is -2.45. The highest BCUT2D eigenvalue weighted by Gasteiger charge is 2.23. The quantitative estimate of drug-likeness (QED) is 0.774. The first kappa shape index (κ1) is 14.9. The van der Waals surface area contributed by atoms with Gasteiger partial charge in [-0.05, 0) is 13.8 Å². The molecule has 0 aromatic carbocycles. The number of allylic oxidation sites excluding steroid dienone is 2. The van der Waals surface area contributed by atoms with Gasteiger partial charge in [-0.2, -0.15) is 0 Å². The number of hydrogen-bond acceptors (Lipinski definition) is 4. The zero-order chi connectivity index (χ0) is 11.5. The van der Waals surface area contributed by atoms with Gasteiger partial charge in [0, 0.05) is 23.7 Å². The zero-order valence-electron chi connectivity index (χ0n) is 10.3. The third-order valence-corrected chi connectivity index (χ3v) is 4.28. The number of hydrogen-bond donors (Lipinski definition) is 0. The Labute approximate surface area is 117 Å². The molecule has 1 amide bonds. The Morgan fingerprint density at radius 3 is 2.53 bits per heavy atom. The van der Waals surface area contributed by atoms with Crippen LogP contribution < -0.4 is 0 Å². The Morgan fingerprint density at radius 2 is 2.00 bits per heavy atom. The topological polar surface area (TPSA) is 32.8 Å². The highest BCUT2D eigenvalue weighted by molar-refractivity contribution is 8.93. The predicted molar refractivity (Wildman–Crippen MR) is 75.3 cm³/mol. The van der Waals surface area contributed by atoms with Gasteiger partial charge >= 0.3 is 0 Å². The van der Waals surface area contributed by atoms with Crippen molar-refractivity contribution in [2.75, 3.05) is 38.7 Å². The van der Waals surface area contributed by atoms with E-state index in [1.165, 1.54) is 10.6 Å². The highest BCUT2D eigenvalue weighted by Crippen LogP contribution is 2.30. The van der Waals surface area contributed by atoms with Crippen molar-refractivity contribution in [1.82, 2.24) is 9.80 Å². The fourth-order valence-electron chi connectivity index (χ4n) is 1.84. The van der Waals surface area contributed by atoms with Gasteiger partial charge < -0.3 is 14.5 Å². The molecular formula is C11H19BrN2O2S. The van der Waals surface area contributed by atoms with Crippen molar-refractivity contribution in [2.24, 2.45) is 0 Å². The summed E-state index contributed by atoms with van der Waals surface area (Å²) in [6, 6.07) is 0. The lowest BCUT2D eigenvalue weighted by molar-refractivity contribution is -0.135. The summed E-state index contributed by atoms with van der Waals surface area (Å²) in [5.74, 6) is 1.13. The van der Waals surface area contributed by atoms with Gasteiger partial charge in [0.1, 0.15) is 0 Å². The number of carbonyl (C=O) groups excluding carboxylic acids is 1. The lowest BCUT2D eigenvalue weighted by Gasteiger charge is -2.29. The first-order chi connectivity index (χ1) is 7.68. The van der Waals surface area contributed by atoms with E-state index in [1.807, 2.05) is 16.7 Å². The largest absolute Gasteiger partial charge is 0.378 e. The molecule has 0 radical (unpaired) electrons. The van der Waals surface area contributed by atoms with Crippen molar-refractivity contribution >= 4 is 34.7 Å².